The predicted molar refractivity (Wildman–Crippen MR) is 109 cm³/mol. The van der Waals surface area contributed by atoms with Crippen molar-refractivity contribution in [1.82, 2.24) is 9.80 Å². The van der Waals surface area contributed by atoms with Crippen molar-refractivity contribution in [3.8, 4) is 6.07 Å². The number of piperidine rings is 3. The first-order chi connectivity index (χ1) is 14.6. The summed E-state index contributed by atoms with van der Waals surface area (Å²) in [6.45, 7) is 3.50. The van der Waals surface area contributed by atoms with Crippen molar-refractivity contribution < 1.29 is 13.9 Å². The van der Waals surface area contributed by atoms with Crippen molar-refractivity contribution in [2.24, 2.45) is 5.92 Å². The Bertz CT molecular complexity index is 993. The lowest BCUT2D eigenvalue weighted by Gasteiger charge is -2.45. The Kier molecular flexibility index (Phi) is 4.92. The molecular formula is C24H24FN3O2. The minimum atomic E-state index is -0.351. The van der Waals surface area contributed by atoms with Gasteiger partial charge in [-0.2, -0.15) is 5.26 Å². The van der Waals surface area contributed by atoms with Gasteiger partial charge in [0.15, 0.2) is 0 Å². The van der Waals surface area contributed by atoms with Gasteiger partial charge in [0, 0.05) is 13.1 Å². The summed E-state index contributed by atoms with van der Waals surface area (Å²) in [6, 6.07) is 13.7. The first-order valence-corrected chi connectivity index (χ1v) is 10.6. The molecule has 0 aromatic heterocycles. The Balaban J connectivity index is 1.46. The van der Waals surface area contributed by atoms with Crippen LogP contribution in [0.25, 0.3) is 0 Å². The van der Waals surface area contributed by atoms with E-state index < -0.39 is 0 Å². The lowest BCUT2D eigenvalue weighted by atomic mass is 9.86. The third-order valence-electron chi connectivity index (χ3n) is 6.77. The average molecular weight is 405 g/mol. The number of amides is 1. The number of rotatable bonds is 2. The van der Waals surface area contributed by atoms with Crippen LogP contribution in [0.15, 0.2) is 42.5 Å². The number of halogens is 1. The molecule has 2 atom stereocenters. The molecule has 4 aliphatic rings. The molecule has 0 aliphatic carbocycles. The predicted octanol–water partition coefficient (Wildman–Crippen LogP) is 3.88. The number of carbonyl (C=O) groups is 1. The number of fused-ring (bicyclic) bond motifs is 4. The Morgan fingerprint density at radius 3 is 2.53 bits per heavy atom. The molecule has 0 unspecified atom stereocenters. The number of ether oxygens (including phenoxy) is 1. The van der Waals surface area contributed by atoms with Gasteiger partial charge in [-0.1, -0.05) is 18.2 Å². The van der Waals surface area contributed by atoms with Gasteiger partial charge in [-0.15, -0.1) is 0 Å². The maximum atomic E-state index is 13.6. The summed E-state index contributed by atoms with van der Waals surface area (Å²) in [5, 5.41) is 9.25. The molecule has 4 heterocycles. The zero-order valence-electron chi connectivity index (χ0n) is 16.8. The molecule has 2 aromatic carbocycles. The third kappa shape index (κ3) is 3.44. The van der Waals surface area contributed by atoms with Crippen LogP contribution in [-0.2, 0) is 11.2 Å². The molecule has 2 bridgehead atoms. The second-order valence-corrected chi connectivity index (χ2v) is 8.48. The highest BCUT2D eigenvalue weighted by molar-refractivity contribution is 5.70. The smallest absolute Gasteiger partial charge is 0.410 e. The van der Waals surface area contributed by atoms with Crippen LogP contribution in [0.3, 0.4) is 0 Å². The third-order valence-corrected chi connectivity index (χ3v) is 6.77. The van der Waals surface area contributed by atoms with Gasteiger partial charge in [0.2, 0.25) is 0 Å². The van der Waals surface area contributed by atoms with Gasteiger partial charge in [-0.3, -0.25) is 9.80 Å². The molecule has 154 valence electrons. The molecule has 0 spiro atoms. The number of hydrogen-bond acceptors (Lipinski definition) is 4. The van der Waals surface area contributed by atoms with E-state index in [9.17, 15) is 14.4 Å². The number of nitrogens with zero attached hydrogens (tertiary/aromatic N) is 3. The standard InChI is InChI=1S/C24H24FN3O2/c25-20-4-2-18(3-5-20)23-21-6-1-16(14-26)13-19(21)9-12-28(23)24(29)30-22-15-27-10-7-17(22)8-11-27/h1-6,13,17,22-23H,7-12,15H2/t22-,23-/m1/s1. The fourth-order valence-corrected chi connectivity index (χ4v) is 5.14. The maximum absolute atomic E-state index is 13.6. The summed E-state index contributed by atoms with van der Waals surface area (Å²) < 4.78 is 19.6. The Morgan fingerprint density at radius 2 is 1.87 bits per heavy atom. The molecule has 0 N–H and O–H groups in total. The minimum absolute atomic E-state index is 0.0590. The number of carbonyl (C=O) groups excluding carboxylic acids is 1. The SMILES string of the molecule is N#Cc1ccc2c(c1)CCN(C(=O)O[C@@H]1CN3CCC1CC3)[C@@H]2c1ccc(F)cc1. The molecule has 4 aliphatic heterocycles. The molecule has 1 amide bonds. The zero-order valence-corrected chi connectivity index (χ0v) is 16.8. The van der Waals surface area contributed by atoms with Crippen LogP contribution in [0, 0.1) is 23.1 Å². The average Bonchev–Trinajstić information content (AvgIpc) is 2.79. The Morgan fingerprint density at radius 1 is 1.10 bits per heavy atom. The lowest BCUT2D eigenvalue weighted by molar-refractivity contribution is -0.0462. The molecule has 3 saturated heterocycles. The fraction of sp³-hybridized carbons (Fsp3) is 0.417. The quantitative estimate of drug-likeness (QED) is 0.761. The van der Waals surface area contributed by atoms with Crippen LogP contribution < -0.4 is 0 Å². The van der Waals surface area contributed by atoms with Gasteiger partial charge in [0.25, 0.3) is 0 Å². The summed E-state index contributed by atoms with van der Waals surface area (Å²) in [5.74, 6) is 0.134. The van der Waals surface area contributed by atoms with Crippen molar-refractivity contribution in [3.63, 3.8) is 0 Å². The highest BCUT2D eigenvalue weighted by atomic mass is 19.1. The van der Waals surface area contributed by atoms with E-state index in [1.807, 2.05) is 12.1 Å². The van der Waals surface area contributed by atoms with Crippen LogP contribution in [0.1, 0.15) is 41.1 Å². The molecule has 5 nitrogen and oxygen atoms in total. The van der Waals surface area contributed by atoms with E-state index in [1.54, 1.807) is 23.1 Å². The zero-order chi connectivity index (χ0) is 20.7. The summed E-state index contributed by atoms with van der Waals surface area (Å²) in [7, 11) is 0. The van der Waals surface area contributed by atoms with Crippen LogP contribution >= 0.6 is 0 Å². The van der Waals surface area contributed by atoms with Crippen molar-refractivity contribution in [2.75, 3.05) is 26.2 Å². The largest absolute Gasteiger partial charge is 0.444 e. The van der Waals surface area contributed by atoms with Crippen LogP contribution in [-0.4, -0.2) is 48.2 Å². The van der Waals surface area contributed by atoms with E-state index in [0.29, 0.717) is 24.4 Å². The summed E-state index contributed by atoms with van der Waals surface area (Å²) in [6.07, 6.45) is 2.46. The van der Waals surface area contributed by atoms with E-state index in [2.05, 4.69) is 11.0 Å². The molecule has 6 rings (SSSR count). The molecule has 2 aromatic rings. The van der Waals surface area contributed by atoms with E-state index in [0.717, 1.165) is 49.2 Å². The van der Waals surface area contributed by atoms with Gasteiger partial charge < -0.3 is 4.74 Å². The highest BCUT2D eigenvalue weighted by Gasteiger charge is 2.39. The summed E-state index contributed by atoms with van der Waals surface area (Å²) >= 11 is 0. The van der Waals surface area contributed by atoms with Crippen LogP contribution in [0.2, 0.25) is 0 Å². The number of hydrogen-bond donors (Lipinski definition) is 0. The Hall–Kier alpha value is -2.91. The first kappa shape index (κ1) is 19.1. The molecule has 0 radical (unpaired) electrons. The van der Waals surface area contributed by atoms with Gasteiger partial charge >= 0.3 is 6.09 Å². The highest BCUT2D eigenvalue weighted by Crippen LogP contribution is 2.37. The van der Waals surface area contributed by atoms with E-state index in [4.69, 9.17) is 4.74 Å². The Labute approximate surface area is 175 Å². The lowest BCUT2D eigenvalue weighted by Crippen LogP contribution is -2.53. The van der Waals surface area contributed by atoms with Gasteiger partial charge in [0.1, 0.15) is 11.9 Å². The van der Waals surface area contributed by atoms with Crippen LogP contribution in [0.4, 0.5) is 9.18 Å². The van der Waals surface area contributed by atoms with Crippen LogP contribution in [0.5, 0.6) is 0 Å². The van der Waals surface area contributed by atoms with Gasteiger partial charge in [-0.05, 0) is 79.2 Å². The molecule has 3 fully saturated rings. The number of nitriles is 1. The normalized spacial score (nSPS) is 27.3. The van der Waals surface area contributed by atoms with Crippen molar-refractivity contribution >= 4 is 6.09 Å². The summed E-state index contributed by atoms with van der Waals surface area (Å²) in [5.41, 5.74) is 3.47. The second kappa shape index (κ2) is 7.73. The first-order valence-electron chi connectivity index (χ1n) is 10.6. The minimum Gasteiger partial charge on any atom is -0.444 e. The number of benzene rings is 2. The fourth-order valence-electron chi connectivity index (χ4n) is 5.14. The molecule has 0 saturated carbocycles. The second-order valence-electron chi connectivity index (χ2n) is 8.48. The molecular weight excluding hydrogens is 381 g/mol. The van der Waals surface area contributed by atoms with Crippen molar-refractivity contribution in [1.29, 1.82) is 5.26 Å². The van der Waals surface area contributed by atoms with Crippen molar-refractivity contribution in [3.05, 3.63) is 70.5 Å². The maximum Gasteiger partial charge on any atom is 0.410 e. The molecule has 6 heteroatoms. The van der Waals surface area contributed by atoms with E-state index >= 15 is 0 Å². The summed E-state index contributed by atoms with van der Waals surface area (Å²) in [4.78, 5) is 17.4. The van der Waals surface area contributed by atoms with Gasteiger partial charge in [-0.25, -0.2) is 9.18 Å². The monoisotopic (exact) mass is 405 g/mol. The van der Waals surface area contributed by atoms with Gasteiger partial charge in [0.05, 0.1) is 17.7 Å². The van der Waals surface area contributed by atoms with E-state index in [-0.39, 0.29) is 24.1 Å². The topological polar surface area (TPSA) is 56.6 Å². The van der Waals surface area contributed by atoms with E-state index in [1.165, 1.54) is 12.1 Å². The molecule has 30 heavy (non-hydrogen) atoms. The van der Waals surface area contributed by atoms with Crippen molar-refractivity contribution in [2.45, 2.75) is 31.4 Å².